The molecule has 1 aliphatic heterocycles. The van der Waals surface area contributed by atoms with E-state index in [0.717, 1.165) is 12.8 Å². The van der Waals surface area contributed by atoms with Gasteiger partial charge in [0, 0.05) is 17.9 Å². The van der Waals surface area contributed by atoms with Crippen molar-refractivity contribution in [3.63, 3.8) is 0 Å². The molecule has 0 aromatic heterocycles. The Kier molecular flexibility index (Phi) is 3.82. The van der Waals surface area contributed by atoms with Gasteiger partial charge in [-0.1, -0.05) is 28.1 Å². The lowest BCUT2D eigenvalue weighted by atomic mass is 10.1. The second-order valence-corrected chi connectivity index (χ2v) is 5.70. The first-order chi connectivity index (χ1) is 8.09. The van der Waals surface area contributed by atoms with Gasteiger partial charge in [-0.05, 0) is 31.4 Å². The molecule has 92 valence electrons. The number of likely N-dealkylation sites (tertiary alicyclic amines) is 1. The van der Waals surface area contributed by atoms with E-state index in [0.29, 0.717) is 23.5 Å². The minimum absolute atomic E-state index is 0.189. The van der Waals surface area contributed by atoms with Gasteiger partial charge in [0.25, 0.3) is 5.91 Å². The highest BCUT2D eigenvalue weighted by Crippen LogP contribution is 2.21. The van der Waals surface area contributed by atoms with Crippen LogP contribution in [0.15, 0.2) is 18.2 Å². The Bertz CT molecular complexity index is 427. The zero-order chi connectivity index (χ0) is 12.4. The van der Waals surface area contributed by atoms with Crippen LogP contribution in [0.5, 0.6) is 0 Å². The molecule has 1 saturated heterocycles. The molecule has 0 bridgehead atoms. The van der Waals surface area contributed by atoms with Gasteiger partial charge < -0.3 is 4.90 Å². The summed E-state index contributed by atoms with van der Waals surface area (Å²) in [5.41, 5.74) is 0.712. The SMILES string of the molecule is Cc1cccc(C(=O)N2CCC(Br)CC2)c1F. The molecule has 0 unspecified atom stereocenters. The molecule has 17 heavy (non-hydrogen) atoms. The van der Waals surface area contributed by atoms with Crippen molar-refractivity contribution >= 4 is 21.8 Å². The molecule has 0 spiro atoms. The van der Waals surface area contributed by atoms with Crippen molar-refractivity contribution in [1.82, 2.24) is 4.90 Å². The quantitative estimate of drug-likeness (QED) is 0.730. The molecule has 0 N–H and O–H groups in total. The molecule has 0 radical (unpaired) electrons. The van der Waals surface area contributed by atoms with Crippen molar-refractivity contribution < 1.29 is 9.18 Å². The summed E-state index contributed by atoms with van der Waals surface area (Å²) in [5, 5.41) is 0. The van der Waals surface area contributed by atoms with Crippen molar-refractivity contribution in [3.05, 3.63) is 35.1 Å². The molecule has 2 rings (SSSR count). The maximum atomic E-state index is 13.8. The van der Waals surface area contributed by atoms with Gasteiger partial charge in [0.05, 0.1) is 5.56 Å². The number of hydrogen-bond acceptors (Lipinski definition) is 1. The fraction of sp³-hybridized carbons (Fsp3) is 0.462. The first-order valence-electron chi connectivity index (χ1n) is 5.78. The number of alkyl halides is 1. The molecule has 0 saturated carbocycles. The molecule has 1 aromatic rings. The number of amides is 1. The summed E-state index contributed by atoms with van der Waals surface area (Å²) in [6, 6.07) is 4.96. The lowest BCUT2D eigenvalue weighted by molar-refractivity contribution is 0.0723. The highest BCUT2D eigenvalue weighted by Gasteiger charge is 2.24. The molecule has 2 nitrogen and oxygen atoms in total. The van der Waals surface area contributed by atoms with E-state index in [9.17, 15) is 9.18 Å². The fourth-order valence-electron chi connectivity index (χ4n) is 2.03. The Morgan fingerprint density at radius 2 is 2.06 bits per heavy atom. The highest BCUT2D eigenvalue weighted by atomic mass is 79.9. The first-order valence-corrected chi connectivity index (χ1v) is 6.69. The van der Waals surface area contributed by atoms with Crippen LogP contribution in [-0.4, -0.2) is 28.7 Å². The normalized spacial score (nSPS) is 17.2. The number of halogens is 2. The number of hydrogen-bond donors (Lipinski definition) is 0. The zero-order valence-electron chi connectivity index (χ0n) is 9.75. The van der Waals surface area contributed by atoms with Crippen LogP contribution in [0.25, 0.3) is 0 Å². The van der Waals surface area contributed by atoms with Crippen molar-refractivity contribution in [1.29, 1.82) is 0 Å². The minimum Gasteiger partial charge on any atom is -0.338 e. The number of piperidine rings is 1. The second kappa shape index (κ2) is 5.17. The maximum Gasteiger partial charge on any atom is 0.256 e. The lowest BCUT2D eigenvalue weighted by Gasteiger charge is -2.29. The number of carbonyl (C=O) groups excluding carboxylic acids is 1. The van der Waals surface area contributed by atoms with Crippen LogP contribution in [0.2, 0.25) is 0 Å². The predicted octanol–water partition coefficient (Wildman–Crippen LogP) is 3.13. The third-order valence-corrected chi connectivity index (χ3v) is 4.05. The number of rotatable bonds is 1. The van der Waals surface area contributed by atoms with E-state index < -0.39 is 5.82 Å². The average Bonchev–Trinajstić information content (AvgIpc) is 2.33. The number of aryl methyl sites for hydroxylation is 1. The highest BCUT2D eigenvalue weighted by molar-refractivity contribution is 9.09. The summed E-state index contributed by atoms with van der Waals surface area (Å²) in [7, 11) is 0. The predicted molar refractivity (Wildman–Crippen MR) is 69.0 cm³/mol. The Balaban J connectivity index is 2.17. The molecular formula is C13H15BrFNO. The monoisotopic (exact) mass is 299 g/mol. The second-order valence-electron chi connectivity index (χ2n) is 4.40. The average molecular weight is 300 g/mol. The van der Waals surface area contributed by atoms with E-state index in [1.807, 2.05) is 0 Å². The number of nitrogens with zero attached hydrogens (tertiary/aromatic N) is 1. The Labute approximate surface area is 109 Å². The smallest absolute Gasteiger partial charge is 0.256 e. The number of carbonyl (C=O) groups is 1. The van der Waals surface area contributed by atoms with Crippen molar-refractivity contribution in [2.75, 3.05) is 13.1 Å². The van der Waals surface area contributed by atoms with E-state index in [-0.39, 0.29) is 11.5 Å². The van der Waals surface area contributed by atoms with E-state index in [1.165, 1.54) is 0 Å². The summed E-state index contributed by atoms with van der Waals surface area (Å²) in [6.07, 6.45) is 1.86. The largest absolute Gasteiger partial charge is 0.338 e. The van der Waals surface area contributed by atoms with E-state index in [2.05, 4.69) is 15.9 Å². The van der Waals surface area contributed by atoms with Crippen LogP contribution in [0.4, 0.5) is 4.39 Å². The summed E-state index contributed by atoms with van der Waals surface area (Å²) in [6.45, 7) is 3.07. The third kappa shape index (κ3) is 2.68. The van der Waals surface area contributed by atoms with Crippen LogP contribution in [0.1, 0.15) is 28.8 Å². The van der Waals surface area contributed by atoms with Crippen molar-refractivity contribution in [3.8, 4) is 0 Å². The van der Waals surface area contributed by atoms with Crippen molar-refractivity contribution in [2.45, 2.75) is 24.6 Å². The molecule has 4 heteroatoms. The molecular weight excluding hydrogens is 285 g/mol. The molecule has 0 aliphatic carbocycles. The third-order valence-electron chi connectivity index (χ3n) is 3.13. The van der Waals surface area contributed by atoms with Crippen LogP contribution in [-0.2, 0) is 0 Å². The summed E-state index contributed by atoms with van der Waals surface area (Å²) in [4.78, 5) is 14.4. The standard InChI is InChI=1S/C13H15BrFNO/c1-9-3-2-4-11(12(9)15)13(17)16-7-5-10(14)6-8-16/h2-4,10H,5-8H2,1H3. The van der Waals surface area contributed by atoms with Gasteiger partial charge in [-0.15, -0.1) is 0 Å². The zero-order valence-corrected chi connectivity index (χ0v) is 11.3. The fourth-order valence-corrected chi connectivity index (χ4v) is 2.44. The summed E-state index contributed by atoms with van der Waals surface area (Å²) >= 11 is 3.54. The summed E-state index contributed by atoms with van der Waals surface area (Å²) in [5.74, 6) is -0.580. The number of benzene rings is 1. The van der Waals surface area contributed by atoms with Gasteiger partial charge in [0.15, 0.2) is 0 Å². The van der Waals surface area contributed by atoms with Gasteiger partial charge in [-0.25, -0.2) is 4.39 Å². The van der Waals surface area contributed by atoms with Crippen LogP contribution in [0.3, 0.4) is 0 Å². The lowest BCUT2D eigenvalue weighted by Crippen LogP contribution is -2.39. The molecule has 1 aromatic carbocycles. The topological polar surface area (TPSA) is 20.3 Å². The van der Waals surface area contributed by atoms with Crippen LogP contribution >= 0.6 is 15.9 Å². The van der Waals surface area contributed by atoms with E-state index in [4.69, 9.17) is 0 Å². The van der Waals surface area contributed by atoms with Crippen molar-refractivity contribution in [2.24, 2.45) is 0 Å². The van der Waals surface area contributed by atoms with Gasteiger partial charge in [-0.3, -0.25) is 4.79 Å². The van der Waals surface area contributed by atoms with Gasteiger partial charge in [0.2, 0.25) is 0 Å². The van der Waals surface area contributed by atoms with E-state index in [1.54, 1.807) is 30.0 Å². The van der Waals surface area contributed by atoms with Crippen LogP contribution < -0.4 is 0 Å². The van der Waals surface area contributed by atoms with Gasteiger partial charge in [0.1, 0.15) is 5.82 Å². The molecule has 1 heterocycles. The molecule has 1 aliphatic rings. The maximum absolute atomic E-state index is 13.8. The van der Waals surface area contributed by atoms with Crippen LogP contribution in [0, 0.1) is 12.7 Å². The Morgan fingerprint density at radius 1 is 1.41 bits per heavy atom. The summed E-state index contributed by atoms with van der Waals surface area (Å²) < 4.78 is 13.8. The molecule has 1 amide bonds. The van der Waals surface area contributed by atoms with Gasteiger partial charge >= 0.3 is 0 Å². The van der Waals surface area contributed by atoms with E-state index >= 15 is 0 Å². The van der Waals surface area contributed by atoms with Gasteiger partial charge in [-0.2, -0.15) is 0 Å². The Morgan fingerprint density at radius 3 is 2.71 bits per heavy atom. The first kappa shape index (κ1) is 12.6. The molecule has 0 atom stereocenters. The Hall–Kier alpha value is -0.900. The minimum atomic E-state index is -0.390. The molecule has 1 fully saturated rings.